The molecule has 0 radical (unpaired) electrons. The van der Waals surface area contributed by atoms with Crippen LogP contribution in [0.5, 0.6) is 5.75 Å². The van der Waals surface area contributed by atoms with Crippen LogP contribution in [0.4, 0.5) is 0 Å². The summed E-state index contributed by atoms with van der Waals surface area (Å²) in [5.74, 6) is 0.0850. The number of hydrogen-bond acceptors (Lipinski definition) is 4. The van der Waals surface area contributed by atoms with Crippen molar-refractivity contribution in [2.24, 2.45) is 5.73 Å². The zero-order valence-corrected chi connectivity index (χ0v) is 10.6. The topological polar surface area (TPSA) is 80.4 Å². The molecular weight excluding hydrogens is 238 g/mol. The average molecular weight is 255 g/mol. The number of benzene rings is 1. The number of aromatic hydroxyl groups is 1. The first kappa shape index (κ1) is 12.4. The zero-order chi connectivity index (χ0) is 12.7. The summed E-state index contributed by atoms with van der Waals surface area (Å²) in [5, 5.41) is 9.85. The van der Waals surface area contributed by atoms with Gasteiger partial charge in [0.25, 0.3) is 0 Å². The van der Waals surface area contributed by atoms with Gasteiger partial charge in [-0.2, -0.15) is 0 Å². The summed E-state index contributed by atoms with van der Waals surface area (Å²) in [6.07, 6.45) is 4.75. The maximum absolute atomic E-state index is 11.5. The van der Waals surface area contributed by atoms with E-state index in [0.29, 0.717) is 5.56 Å². The smallest absolute Gasteiger partial charge is 0.175 e. The molecule has 0 amide bonds. The highest BCUT2D eigenvalue weighted by molar-refractivity contribution is 7.90. The Morgan fingerprint density at radius 3 is 2.41 bits per heavy atom. The van der Waals surface area contributed by atoms with E-state index < -0.39 is 15.4 Å². The highest BCUT2D eigenvalue weighted by Gasteiger charge is 2.34. The number of rotatable bonds is 2. The van der Waals surface area contributed by atoms with Crippen LogP contribution in [0.25, 0.3) is 0 Å². The van der Waals surface area contributed by atoms with E-state index in [4.69, 9.17) is 5.73 Å². The fourth-order valence-electron chi connectivity index (χ4n) is 2.42. The second kappa shape index (κ2) is 3.99. The molecule has 0 saturated heterocycles. The molecule has 94 valence electrons. The Morgan fingerprint density at radius 2 is 1.88 bits per heavy atom. The molecule has 1 aliphatic carbocycles. The molecule has 1 saturated carbocycles. The summed E-state index contributed by atoms with van der Waals surface area (Å²) in [6, 6.07) is 4.33. The third kappa shape index (κ3) is 2.30. The molecule has 1 aromatic rings. The Morgan fingerprint density at radius 1 is 1.29 bits per heavy atom. The van der Waals surface area contributed by atoms with Crippen LogP contribution in [0, 0.1) is 0 Å². The predicted molar refractivity (Wildman–Crippen MR) is 65.6 cm³/mol. The summed E-state index contributed by atoms with van der Waals surface area (Å²) < 4.78 is 23.0. The van der Waals surface area contributed by atoms with Crippen molar-refractivity contribution in [1.29, 1.82) is 0 Å². The van der Waals surface area contributed by atoms with Gasteiger partial charge in [-0.15, -0.1) is 0 Å². The first-order chi connectivity index (χ1) is 7.83. The highest BCUT2D eigenvalue weighted by atomic mass is 32.2. The molecule has 0 aliphatic heterocycles. The average Bonchev–Trinajstić information content (AvgIpc) is 2.65. The number of nitrogens with two attached hydrogens (primary N) is 1. The van der Waals surface area contributed by atoms with Crippen molar-refractivity contribution >= 4 is 9.84 Å². The molecule has 1 fully saturated rings. The Hall–Kier alpha value is -1.07. The molecular formula is C12H17NO3S. The van der Waals surface area contributed by atoms with Crippen molar-refractivity contribution in [3.05, 3.63) is 23.8 Å². The summed E-state index contributed by atoms with van der Waals surface area (Å²) in [4.78, 5) is 0.210. The molecule has 0 atom stereocenters. The zero-order valence-electron chi connectivity index (χ0n) is 9.81. The van der Waals surface area contributed by atoms with Crippen LogP contribution in [0.1, 0.15) is 31.2 Å². The van der Waals surface area contributed by atoms with E-state index in [1.807, 2.05) is 0 Å². The molecule has 17 heavy (non-hydrogen) atoms. The monoisotopic (exact) mass is 255 g/mol. The molecule has 0 spiro atoms. The van der Waals surface area contributed by atoms with Gasteiger partial charge in [0, 0.05) is 17.4 Å². The summed E-state index contributed by atoms with van der Waals surface area (Å²) >= 11 is 0. The molecule has 0 heterocycles. The van der Waals surface area contributed by atoms with Crippen LogP contribution in [-0.2, 0) is 15.4 Å². The van der Waals surface area contributed by atoms with E-state index in [9.17, 15) is 13.5 Å². The SMILES string of the molecule is CS(=O)(=O)c1ccc(O)c(C2(N)CCCC2)c1. The largest absolute Gasteiger partial charge is 0.508 e. The van der Waals surface area contributed by atoms with Crippen LogP contribution in [0.2, 0.25) is 0 Å². The Labute approximate surface area is 101 Å². The van der Waals surface area contributed by atoms with Gasteiger partial charge in [-0.25, -0.2) is 8.42 Å². The van der Waals surface area contributed by atoms with Gasteiger partial charge >= 0.3 is 0 Å². The predicted octanol–water partition coefficient (Wildman–Crippen LogP) is 1.52. The third-order valence-electron chi connectivity index (χ3n) is 3.43. The van der Waals surface area contributed by atoms with E-state index in [1.165, 1.54) is 18.2 Å². The normalized spacial score (nSPS) is 19.4. The molecule has 0 bridgehead atoms. The lowest BCUT2D eigenvalue weighted by molar-refractivity contribution is 0.408. The van der Waals surface area contributed by atoms with E-state index in [-0.39, 0.29) is 10.6 Å². The molecule has 5 heteroatoms. The minimum absolute atomic E-state index is 0.0850. The van der Waals surface area contributed by atoms with Crippen LogP contribution in [0.15, 0.2) is 23.1 Å². The first-order valence-electron chi connectivity index (χ1n) is 5.65. The van der Waals surface area contributed by atoms with Gasteiger partial charge in [0.05, 0.1) is 4.90 Å². The van der Waals surface area contributed by atoms with E-state index >= 15 is 0 Å². The minimum Gasteiger partial charge on any atom is -0.508 e. The summed E-state index contributed by atoms with van der Waals surface area (Å²) in [7, 11) is -3.27. The fourth-order valence-corrected chi connectivity index (χ4v) is 3.07. The van der Waals surface area contributed by atoms with Crippen molar-refractivity contribution < 1.29 is 13.5 Å². The standard InChI is InChI=1S/C12H17NO3S/c1-17(15,16)9-4-5-11(14)10(8-9)12(13)6-2-3-7-12/h4-5,8,14H,2-3,6-7,13H2,1H3. The van der Waals surface area contributed by atoms with Crippen molar-refractivity contribution in [3.63, 3.8) is 0 Å². The van der Waals surface area contributed by atoms with Crippen LogP contribution in [-0.4, -0.2) is 19.8 Å². The Bertz CT molecular complexity index is 531. The third-order valence-corrected chi connectivity index (χ3v) is 4.54. The number of sulfone groups is 1. The fraction of sp³-hybridized carbons (Fsp3) is 0.500. The maximum atomic E-state index is 11.5. The van der Waals surface area contributed by atoms with Gasteiger partial charge in [-0.05, 0) is 31.0 Å². The molecule has 2 rings (SSSR count). The van der Waals surface area contributed by atoms with E-state index in [2.05, 4.69) is 0 Å². The van der Waals surface area contributed by atoms with Gasteiger partial charge in [-0.3, -0.25) is 0 Å². The quantitative estimate of drug-likeness (QED) is 0.839. The van der Waals surface area contributed by atoms with Gasteiger partial charge < -0.3 is 10.8 Å². The van der Waals surface area contributed by atoms with Gasteiger partial charge in [-0.1, -0.05) is 12.8 Å². The number of phenols is 1. The lowest BCUT2D eigenvalue weighted by atomic mass is 9.89. The maximum Gasteiger partial charge on any atom is 0.175 e. The molecule has 3 N–H and O–H groups in total. The van der Waals surface area contributed by atoms with E-state index in [0.717, 1.165) is 31.9 Å². The first-order valence-corrected chi connectivity index (χ1v) is 7.54. The molecule has 1 aliphatic rings. The summed E-state index contributed by atoms with van der Waals surface area (Å²) in [6.45, 7) is 0. The Kier molecular flexibility index (Phi) is 2.91. The van der Waals surface area contributed by atoms with Gasteiger partial charge in [0.2, 0.25) is 0 Å². The van der Waals surface area contributed by atoms with Gasteiger partial charge in [0.15, 0.2) is 9.84 Å². The molecule has 0 unspecified atom stereocenters. The van der Waals surface area contributed by atoms with Crippen LogP contribution >= 0.6 is 0 Å². The van der Waals surface area contributed by atoms with Crippen LogP contribution < -0.4 is 5.73 Å². The molecule has 1 aromatic carbocycles. The molecule has 4 nitrogen and oxygen atoms in total. The number of phenolic OH excluding ortho intramolecular Hbond substituents is 1. The Balaban J connectivity index is 2.54. The van der Waals surface area contributed by atoms with E-state index in [1.54, 1.807) is 0 Å². The highest BCUT2D eigenvalue weighted by Crippen LogP contribution is 2.40. The van der Waals surface area contributed by atoms with Crippen molar-refractivity contribution in [1.82, 2.24) is 0 Å². The lowest BCUT2D eigenvalue weighted by Crippen LogP contribution is -2.33. The second-order valence-corrected chi connectivity index (χ2v) is 6.83. The van der Waals surface area contributed by atoms with Gasteiger partial charge in [0.1, 0.15) is 5.75 Å². The minimum atomic E-state index is -3.27. The number of hydrogen-bond donors (Lipinski definition) is 2. The van der Waals surface area contributed by atoms with Crippen molar-refractivity contribution in [2.45, 2.75) is 36.1 Å². The molecule has 0 aromatic heterocycles. The summed E-state index contributed by atoms with van der Waals surface area (Å²) in [5.41, 5.74) is 6.21. The van der Waals surface area contributed by atoms with Crippen LogP contribution in [0.3, 0.4) is 0 Å². The van der Waals surface area contributed by atoms with Crippen molar-refractivity contribution in [2.75, 3.05) is 6.26 Å². The second-order valence-electron chi connectivity index (χ2n) is 4.81. The van der Waals surface area contributed by atoms with Crippen molar-refractivity contribution in [3.8, 4) is 5.75 Å². The lowest BCUT2D eigenvalue weighted by Gasteiger charge is -2.25.